The molecule has 5 fully saturated rings. The molecule has 5 aliphatic rings. The SMILES string of the molecule is Cc1ccc(-c2nn([C@H]3CC[C@H](CN4CCC(OCCCc5cccc6c5n(C)c(=O)n6C5CCC(=O)NC5=O)CC4)CC3)cc2NC(=O)c2cnn3ccc(N4C[C@H]5C[C@@H]4CO5)nc23)nc1. The maximum absolute atomic E-state index is 14.0. The van der Waals surface area contributed by atoms with Gasteiger partial charge in [-0.05, 0) is 106 Å². The Morgan fingerprint density at radius 2 is 1.84 bits per heavy atom. The van der Waals surface area contributed by atoms with Crippen LogP contribution in [0.1, 0.15) is 97.8 Å². The Hall–Kier alpha value is -6.24. The molecule has 6 aromatic rings. The van der Waals surface area contributed by atoms with Gasteiger partial charge in [-0.2, -0.15) is 10.2 Å². The minimum atomic E-state index is -0.696. The fourth-order valence-corrected chi connectivity index (χ4v) is 11.2. The smallest absolute Gasteiger partial charge is 0.329 e. The zero-order chi connectivity index (χ0) is 45.8. The number of piperidine rings is 2. The summed E-state index contributed by atoms with van der Waals surface area (Å²) in [5, 5.41) is 15.1. The normalized spacial score (nSPS) is 23.7. The standard InChI is InChI=1S/C49H58N12O6/c1-30-8-13-38(50-24-30)44-39(52-47(63)37-25-51-59-21-18-42(53-46(37)59)58-27-36-23-34(58)29-67-36)28-60(55-44)33-11-9-31(10-12-33)26-57-19-16-35(17-20-57)66-22-4-6-32-5-3-7-40-45(32)56(2)49(65)61(40)41-14-15-43(62)54-48(41)64/h3,5,7-8,13,18,21,24-25,28,31,33-36,41H,4,6,9-12,14-17,19-20,22-23,26-27,29H2,1-2H3,(H,52,63)(H,54,62,64)/t31-,33-,34-,36-,41?/m1/s1. The quantitative estimate of drug-likeness (QED) is 0.117. The number of morpholine rings is 1. The highest BCUT2D eigenvalue weighted by molar-refractivity contribution is 6.09. The van der Waals surface area contributed by atoms with Crippen LogP contribution >= 0.6 is 0 Å². The summed E-state index contributed by atoms with van der Waals surface area (Å²) in [6.07, 6.45) is 17.1. The number of pyridine rings is 1. The number of benzene rings is 1. The van der Waals surface area contributed by atoms with Crippen LogP contribution < -0.4 is 21.2 Å². The molecule has 4 saturated heterocycles. The van der Waals surface area contributed by atoms with Gasteiger partial charge in [-0.25, -0.2) is 14.3 Å². The van der Waals surface area contributed by atoms with E-state index in [0.717, 1.165) is 112 Å². The summed E-state index contributed by atoms with van der Waals surface area (Å²) in [6, 6.07) is 11.6. The number of aryl methyl sites for hydroxylation is 3. The van der Waals surface area contributed by atoms with E-state index in [1.165, 1.54) is 0 Å². The summed E-state index contributed by atoms with van der Waals surface area (Å²) in [4.78, 5) is 66.3. The van der Waals surface area contributed by atoms with Crippen LogP contribution in [0.25, 0.3) is 28.1 Å². The lowest BCUT2D eigenvalue weighted by Crippen LogP contribution is -2.44. The average Bonchev–Trinajstić information content (AvgIpc) is 4.19. The van der Waals surface area contributed by atoms with Crippen molar-refractivity contribution in [2.75, 3.05) is 49.6 Å². The van der Waals surface area contributed by atoms with Gasteiger partial charge in [0.05, 0.1) is 59.5 Å². The number of fused-ring (bicyclic) bond motifs is 4. The first-order valence-electron chi connectivity index (χ1n) is 24.1. The second-order valence-electron chi connectivity index (χ2n) is 19.3. The summed E-state index contributed by atoms with van der Waals surface area (Å²) in [5.41, 5.74) is 6.27. The number of para-hydroxylation sites is 1. The van der Waals surface area contributed by atoms with E-state index in [1.54, 1.807) is 26.9 Å². The number of hydrogen-bond donors (Lipinski definition) is 2. The molecular weight excluding hydrogens is 853 g/mol. The van der Waals surface area contributed by atoms with Crippen molar-refractivity contribution in [2.24, 2.45) is 13.0 Å². The second-order valence-corrected chi connectivity index (χ2v) is 19.3. The molecule has 3 amide bonds. The van der Waals surface area contributed by atoms with Crippen molar-refractivity contribution in [3.8, 4) is 11.4 Å². The molecule has 18 nitrogen and oxygen atoms in total. The number of amides is 3. The third kappa shape index (κ3) is 8.54. The van der Waals surface area contributed by atoms with Gasteiger partial charge in [-0.1, -0.05) is 18.2 Å². The molecule has 1 saturated carbocycles. The Bertz CT molecular complexity index is 2880. The molecule has 0 radical (unpaired) electrons. The van der Waals surface area contributed by atoms with Crippen LogP contribution in [0, 0.1) is 12.8 Å². The van der Waals surface area contributed by atoms with Crippen LogP contribution in [0.5, 0.6) is 0 Å². The minimum Gasteiger partial charge on any atom is -0.378 e. The predicted octanol–water partition coefficient (Wildman–Crippen LogP) is 5.00. The number of aromatic nitrogens is 8. The minimum absolute atomic E-state index is 0.215. The Balaban J connectivity index is 0.672. The Morgan fingerprint density at radius 3 is 2.60 bits per heavy atom. The molecular formula is C49H58N12O6. The molecule has 350 valence electrons. The van der Waals surface area contributed by atoms with Crippen LogP contribution in [0.4, 0.5) is 11.5 Å². The maximum Gasteiger partial charge on any atom is 0.329 e. The lowest BCUT2D eigenvalue weighted by Gasteiger charge is -2.36. The van der Waals surface area contributed by atoms with Crippen LogP contribution in [-0.2, 0) is 32.5 Å². The van der Waals surface area contributed by atoms with Crippen LogP contribution in [0.15, 0.2) is 66.0 Å². The van der Waals surface area contributed by atoms with Crippen molar-refractivity contribution < 1.29 is 23.9 Å². The van der Waals surface area contributed by atoms with Crippen molar-refractivity contribution in [2.45, 2.75) is 108 Å². The third-order valence-electron chi connectivity index (χ3n) is 14.8. The monoisotopic (exact) mass is 910 g/mol. The number of imidazole rings is 1. The zero-order valence-corrected chi connectivity index (χ0v) is 38.2. The number of carbonyl (C=O) groups is 3. The molecule has 18 heteroatoms. The highest BCUT2D eigenvalue weighted by atomic mass is 16.5. The number of rotatable bonds is 13. The van der Waals surface area contributed by atoms with E-state index in [0.29, 0.717) is 59.9 Å². The van der Waals surface area contributed by atoms with Gasteiger partial charge in [-0.3, -0.25) is 38.5 Å². The summed E-state index contributed by atoms with van der Waals surface area (Å²) in [6.45, 7) is 7.28. The van der Waals surface area contributed by atoms with Gasteiger partial charge in [0.25, 0.3) is 5.91 Å². The molecule has 2 N–H and O–H groups in total. The average molecular weight is 911 g/mol. The van der Waals surface area contributed by atoms with E-state index < -0.39 is 11.9 Å². The second kappa shape index (κ2) is 18.1. The van der Waals surface area contributed by atoms with Gasteiger partial charge in [0.2, 0.25) is 11.8 Å². The van der Waals surface area contributed by atoms with Crippen molar-refractivity contribution in [3.63, 3.8) is 0 Å². The van der Waals surface area contributed by atoms with Gasteiger partial charge in [-0.15, -0.1) is 0 Å². The van der Waals surface area contributed by atoms with E-state index in [2.05, 4.69) is 25.5 Å². The van der Waals surface area contributed by atoms with Crippen molar-refractivity contribution in [3.05, 3.63) is 88.4 Å². The number of nitrogens with zero attached hydrogens (tertiary/aromatic N) is 10. The van der Waals surface area contributed by atoms with Crippen LogP contribution in [-0.4, -0.2) is 119 Å². The van der Waals surface area contributed by atoms with Gasteiger partial charge >= 0.3 is 5.69 Å². The van der Waals surface area contributed by atoms with Gasteiger partial charge < -0.3 is 24.6 Å². The molecule has 67 heavy (non-hydrogen) atoms. The fourth-order valence-electron chi connectivity index (χ4n) is 11.2. The molecule has 1 aliphatic carbocycles. The Kier molecular flexibility index (Phi) is 11.7. The van der Waals surface area contributed by atoms with Crippen molar-refractivity contribution in [1.29, 1.82) is 0 Å². The van der Waals surface area contributed by atoms with E-state index in [4.69, 9.17) is 24.5 Å². The number of hydrogen-bond acceptors (Lipinski definition) is 12. The molecule has 2 bridgehead atoms. The predicted molar refractivity (Wildman–Crippen MR) is 250 cm³/mol. The molecule has 3 atom stereocenters. The highest BCUT2D eigenvalue weighted by Crippen LogP contribution is 2.37. The molecule has 11 rings (SSSR count). The van der Waals surface area contributed by atoms with E-state index in [1.807, 2.05) is 66.6 Å². The first-order valence-corrected chi connectivity index (χ1v) is 24.1. The molecule has 4 aliphatic heterocycles. The van der Waals surface area contributed by atoms with Crippen LogP contribution in [0.2, 0.25) is 0 Å². The number of anilines is 2. The summed E-state index contributed by atoms with van der Waals surface area (Å²) in [5.74, 6) is 0.430. The first kappa shape index (κ1) is 43.3. The number of imide groups is 1. The molecule has 0 spiro atoms. The summed E-state index contributed by atoms with van der Waals surface area (Å²) >= 11 is 0. The molecule has 1 aromatic carbocycles. The highest BCUT2D eigenvalue weighted by Gasteiger charge is 2.40. The molecule has 5 aromatic heterocycles. The third-order valence-corrected chi connectivity index (χ3v) is 14.8. The maximum atomic E-state index is 14.0. The number of ether oxygens (including phenoxy) is 2. The Labute approximate surface area is 387 Å². The van der Waals surface area contributed by atoms with Gasteiger partial charge in [0.15, 0.2) is 5.65 Å². The van der Waals surface area contributed by atoms with Gasteiger partial charge in [0.1, 0.15) is 23.1 Å². The number of nitrogens with one attached hydrogen (secondary N) is 2. The topological polar surface area (TPSA) is 188 Å². The van der Waals surface area contributed by atoms with Gasteiger partial charge in [0, 0.05) is 64.8 Å². The summed E-state index contributed by atoms with van der Waals surface area (Å²) in [7, 11) is 1.75. The largest absolute Gasteiger partial charge is 0.378 e. The lowest BCUT2D eigenvalue weighted by molar-refractivity contribution is -0.135. The van der Waals surface area contributed by atoms with E-state index in [-0.39, 0.29) is 42.2 Å². The first-order chi connectivity index (χ1) is 32.6. The molecule has 9 heterocycles. The van der Waals surface area contributed by atoms with Crippen molar-refractivity contribution in [1.82, 2.24) is 48.7 Å². The van der Waals surface area contributed by atoms with E-state index >= 15 is 0 Å². The molecule has 1 unspecified atom stereocenters. The lowest BCUT2D eigenvalue weighted by atomic mass is 9.85. The zero-order valence-electron chi connectivity index (χ0n) is 38.2. The van der Waals surface area contributed by atoms with Crippen LogP contribution in [0.3, 0.4) is 0 Å². The number of likely N-dealkylation sites (tertiary alicyclic amines) is 1. The van der Waals surface area contributed by atoms with E-state index in [9.17, 15) is 19.2 Å². The fraction of sp³-hybridized carbons (Fsp3) is 0.510. The van der Waals surface area contributed by atoms with Crippen molar-refractivity contribution >= 4 is 45.9 Å². The number of carbonyl (C=O) groups excluding carboxylic acids is 3. The summed E-state index contributed by atoms with van der Waals surface area (Å²) < 4.78 is 19.1. The Morgan fingerprint density at radius 1 is 0.985 bits per heavy atom.